The number of aromatic nitrogens is 3. The van der Waals surface area contributed by atoms with E-state index in [1.807, 2.05) is 59.3 Å². The molecule has 0 aliphatic rings. The molecule has 0 aliphatic heterocycles. The lowest BCUT2D eigenvalue weighted by Crippen LogP contribution is -2.30. The second-order valence-electron chi connectivity index (χ2n) is 6.41. The molecule has 3 aromatic heterocycles. The number of furan rings is 1. The normalized spacial score (nSPS) is 12.0. The number of nitrogens with one attached hydrogen (secondary N) is 1. The summed E-state index contributed by atoms with van der Waals surface area (Å²) < 4.78 is 7.52. The van der Waals surface area contributed by atoms with E-state index in [1.54, 1.807) is 17.6 Å². The van der Waals surface area contributed by atoms with Crippen LogP contribution >= 0.6 is 23.1 Å². The van der Waals surface area contributed by atoms with E-state index in [4.69, 9.17) is 4.42 Å². The number of nitrogens with zero attached hydrogens (tertiary/aromatic N) is 3. The Kier molecular flexibility index (Phi) is 6.12. The molecule has 0 fully saturated rings. The summed E-state index contributed by atoms with van der Waals surface area (Å²) in [5.74, 6) is 1.26. The summed E-state index contributed by atoms with van der Waals surface area (Å²) in [5, 5.41) is 14.0. The number of hydrogen-bond acceptors (Lipinski definition) is 6. The summed E-state index contributed by atoms with van der Waals surface area (Å²) in [6.45, 7) is 3.01. The van der Waals surface area contributed by atoms with Crippen LogP contribution in [-0.4, -0.2) is 25.9 Å². The molecule has 1 N–H and O–H groups in total. The molecule has 1 amide bonds. The first-order valence-corrected chi connectivity index (χ1v) is 10.9. The highest BCUT2D eigenvalue weighted by Crippen LogP contribution is 2.28. The van der Waals surface area contributed by atoms with Crippen LogP contribution < -0.4 is 5.32 Å². The molecule has 148 valence electrons. The fraction of sp³-hybridized carbons (Fsp3) is 0.190. The minimum atomic E-state index is -0.307. The van der Waals surface area contributed by atoms with Gasteiger partial charge in [0, 0.05) is 4.88 Å². The minimum Gasteiger partial charge on any atom is -0.461 e. The third kappa shape index (κ3) is 4.78. The van der Waals surface area contributed by atoms with Crippen LogP contribution in [0.5, 0.6) is 0 Å². The summed E-state index contributed by atoms with van der Waals surface area (Å²) in [6, 6.07) is 17.8. The maximum Gasteiger partial charge on any atom is 0.233 e. The van der Waals surface area contributed by atoms with Crippen LogP contribution in [0.25, 0.3) is 11.6 Å². The summed E-state index contributed by atoms with van der Waals surface area (Å²) in [4.78, 5) is 13.7. The molecule has 1 atom stereocenters. The average Bonchev–Trinajstić information content (AvgIpc) is 3.50. The smallest absolute Gasteiger partial charge is 0.233 e. The van der Waals surface area contributed by atoms with E-state index in [1.165, 1.54) is 11.8 Å². The molecule has 1 aromatic carbocycles. The van der Waals surface area contributed by atoms with Crippen molar-refractivity contribution in [2.24, 2.45) is 0 Å². The van der Waals surface area contributed by atoms with Crippen molar-refractivity contribution in [1.82, 2.24) is 20.1 Å². The van der Waals surface area contributed by atoms with E-state index >= 15 is 0 Å². The predicted molar refractivity (Wildman–Crippen MR) is 115 cm³/mol. The van der Waals surface area contributed by atoms with Crippen molar-refractivity contribution in [3.63, 3.8) is 0 Å². The van der Waals surface area contributed by atoms with E-state index in [-0.39, 0.29) is 11.2 Å². The van der Waals surface area contributed by atoms with Gasteiger partial charge in [0.1, 0.15) is 0 Å². The molecule has 0 radical (unpaired) electrons. The van der Waals surface area contributed by atoms with Gasteiger partial charge in [-0.15, -0.1) is 21.5 Å². The predicted octanol–water partition coefficient (Wildman–Crippen LogP) is 4.44. The van der Waals surface area contributed by atoms with Crippen molar-refractivity contribution >= 4 is 29.0 Å². The molecule has 0 spiro atoms. The molecular weight excluding hydrogens is 404 g/mol. The molecule has 0 bridgehead atoms. The highest BCUT2D eigenvalue weighted by Gasteiger charge is 2.22. The number of thioether (sulfide) groups is 1. The van der Waals surface area contributed by atoms with Crippen molar-refractivity contribution in [3.05, 3.63) is 76.7 Å². The minimum absolute atomic E-state index is 0.0304. The van der Waals surface area contributed by atoms with Gasteiger partial charge in [0.2, 0.25) is 11.7 Å². The van der Waals surface area contributed by atoms with Crippen molar-refractivity contribution in [3.8, 4) is 11.6 Å². The molecule has 1 unspecified atom stereocenters. The second-order valence-corrected chi connectivity index (χ2v) is 8.75. The monoisotopic (exact) mass is 424 g/mol. The van der Waals surface area contributed by atoms with Crippen LogP contribution in [-0.2, 0) is 17.9 Å². The van der Waals surface area contributed by atoms with Gasteiger partial charge in [-0.25, -0.2) is 0 Å². The zero-order valence-electron chi connectivity index (χ0n) is 15.8. The molecule has 6 nitrogen and oxygen atoms in total. The fourth-order valence-electron chi connectivity index (χ4n) is 2.82. The number of hydrogen-bond donors (Lipinski definition) is 1. The zero-order chi connectivity index (χ0) is 20.1. The first-order chi connectivity index (χ1) is 14.2. The Morgan fingerprint density at radius 1 is 1.17 bits per heavy atom. The zero-order valence-corrected chi connectivity index (χ0v) is 17.5. The van der Waals surface area contributed by atoms with Crippen LogP contribution in [0, 0.1) is 0 Å². The number of carbonyl (C=O) groups excluding carboxylic acids is 1. The van der Waals surface area contributed by atoms with Crippen LogP contribution in [0.2, 0.25) is 0 Å². The molecule has 0 aliphatic carbocycles. The summed E-state index contributed by atoms with van der Waals surface area (Å²) in [6.07, 6.45) is 1.62. The number of amides is 1. The average molecular weight is 425 g/mol. The van der Waals surface area contributed by atoms with Crippen LogP contribution in [0.1, 0.15) is 17.4 Å². The van der Waals surface area contributed by atoms with Gasteiger partial charge in [0.25, 0.3) is 0 Å². The maximum atomic E-state index is 12.5. The van der Waals surface area contributed by atoms with Gasteiger partial charge in [0.15, 0.2) is 10.9 Å². The summed E-state index contributed by atoms with van der Waals surface area (Å²) in [5.41, 5.74) is 1.12. The van der Waals surface area contributed by atoms with Crippen LogP contribution in [0.4, 0.5) is 0 Å². The second kappa shape index (κ2) is 9.11. The highest BCUT2D eigenvalue weighted by molar-refractivity contribution is 8.00. The van der Waals surface area contributed by atoms with E-state index in [0.717, 1.165) is 10.4 Å². The molecule has 8 heteroatoms. The van der Waals surface area contributed by atoms with E-state index in [9.17, 15) is 4.79 Å². The van der Waals surface area contributed by atoms with Gasteiger partial charge in [-0.2, -0.15) is 0 Å². The molecule has 0 saturated heterocycles. The standard InChI is InChI=1S/C21H20N4O2S2/c1-15(20(26)22-13-17-9-6-12-28-17)29-21-24-23-19(18-10-5-11-27-18)25(21)14-16-7-3-2-4-8-16/h2-12,15H,13-14H2,1H3,(H,22,26). The van der Waals surface area contributed by atoms with Gasteiger partial charge >= 0.3 is 0 Å². The molecule has 4 aromatic rings. The van der Waals surface area contributed by atoms with Crippen LogP contribution in [0.15, 0.2) is 75.8 Å². The Morgan fingerprint density at radius 2 is 2.03 bits per heavy atom. The Hall–Kier alpha value is -2.84. The van der Waals surface area contributed by atoms with Crippen molar-refractivity contribution in [2.45, 2.75) is 30.4 Å². The van der Waals surface area contributed by atoms with Crippen molar-refractivity contribution < 1.29 is 9.21 Å². The SMILES string of the molecule is CC(Sc1nnc(-c2ccco2)n1Cc1ccccc1)C(=O)NCc1cccs1. The number of thiophene rings is 1. The lowest BCUT2D eigenvalue weighted by atomic mass is 10.2. The van der Waals surface area contributed by atoms with E-state index in [2.05, 4.69) is 27.6 Å². The lowest BCUT2D eigenvalue weighted by Gasteiger charge is -2.13. The Labute approximate surface area is 177 Å². The van der Waals surface area contributed by atoms with E-state index < -0.39 is 0 Å². The molecular formula is C21H20N4O2S2. The molecule has 29 heavy (non-hydrogen) atoms. The molecule has 3 heterocycles. The Balaban J connectivity index is 1.52. The van der Waals surface area contributed by atoms with E-state index in [0.29, 0.717) is 29.8 Å². The van der Waals surface area contributed by atoms with Gasteiger partial charge in [-0.1, -0.05) is 48.2 Å². The molecule has 4 rings (SSSR count). The number of rotatable bonds is 8. The summed E-state index contributed by atoms with van der Waals surface area (Å²) >= 11 is 3.02. The quantitative estimate of drug-likeness (QED) is 0.423. The van der Waals surface area contributed by atoms with Crippen LogP contribution in [0.3, 0.4) is 0 Å². The van der Waals surface area contributed by atoms with Crippen molar-refractivity contribution in [1.29, 1.82) is 0 Å². The first kappa shape index (κ1) is 19.5. The topological polar surface area (TPSA) is 73.0 Å². The van der Waals surface area contributed by atoms with Crippen molar-refractivity contribution in [2.75, 3.05) is 0 Å². The highest BCUT2D eigenvalue weighted by atomic mass is 32.2. The Bertz CT molecular complexity index is 1040. The maximum absolute atomic E-state index is 12.5. The van der Waals surface area contributed by atoms with Gasteiger partial charge in [-0.3, -0.25) is 9.36 Å². The fourth-order valence-corrected chi connectivity index (χ4v) is 4.33. The summed E-state index contributed by atoms with van der Waals surface area (Å²) in [7, 11) is 0. The van der Waals surface area contributed by atoms with Gasteiger partial charge < -0.3 is 9.73 Å². The molecule has 0 saturated carbocycles. The number of carbonyl (C=O) groups is 1. The lowest BCUT2D eigenvalue weighted by molar-refractivity contribution is -0.120. The third-order valence-corrected chi connectivity index (χ3v) is 6.27. The number of benzene rings is 1. The Morgan fingerprint density at radius 3 is 2.76 bits per heavy atom. The largest absolute Gasteiger partial charge is 0.461 e. The van der Waals surface area contributed by atoms with Gasteiger partial charge in [-0.05, 0) is 36.1 Å². The third-order valence-electron chi connectivity index (χ3n) is 4.31. The van der Waals surface area contributed by atoms with Gasteiger partial charge in [0.05, 0.1) is 24.6 Å². The first-order valence-electron chi connectivity index (χ1n) is 9.18.